The molecule has 2 aromatic carbocycles. The second-order valence-electron chi connectivity index (χ2n) is 9.83. The molecule has 0 radical (unpaired) electrons. The van der Waals surface area contributed by atoms with Crippen molar-refractivity contribution in [1.82, 2.24) is 17.9 Å². The number of carbonyl (C=O) groups is 2. The minimum absolute atomic E-state index is 0.0274. The predicted octanol–water partition coefficient (Wildman–Crippen LogP) is 6.11. The molecular weight excluding hydrogens is 744 g/mol. The van der Waals surface area contributed by atoms with Gasteiger partial charge in [0.2, 0.25) is 0 Å². The summed E-state index contributed by atoms with van der Waals surface area (Å²) in [5.74, 6) is -1.27. The molecule has 246 valence electrons. The van der Waals surface area contributed by atoms with E-state index in [4.69, 9.17) is 0 Å². The van der Waals surface area contributed by atoms with Crippen LogP contribution in [0.1, 0.15) is 26.4 Å². The maximum absolute atomic E-state index is 14.2. The number of nitrogens with zero attached hydrogens (tertiary/aromatic N) is 5. The topological polar surface area (TPSA) is 162 Å². The molecular formula is C33H20BrF2N5O6S2. The molecule has 0 amide bonds. The molecule has 16 heteroatoms. The molecule has 0 atom stereocenters. The maximum Gasteiger partial charge on any atom is 0.270 e. The van der Waals surface area contributed by atoms with Gasteiger partial charge in [-0.2, -0.15) is 5.26 Å². The highest BCUT2D eigenvalue weighted by atomic mass is 79.9. The number of rotatable bonds is 8. The van der Waals surface area contributed by atoms with Gasteiger partial charge in [-0.25, -0.2) is 33.6 Å². The van der Waals surface area contributed by atoms with Gasteiger partial charge in [0.25, 0.3) is 20.0 Å². The summed E-state index contributed by atoms with van der Waals surface area (Å²) < 4.78 is 81.8. The number of hydrogen-bond acceptors (Lipinski definition) is 9. The highest BCUT2D eigenvalue weighted by Gasteiger charge is 2.29. The smallest absolute Gasteiger partial charge is 0.270 e. The Balaban J connectivity index is 0.000000191. The Morgan fingerprint density at radius 1 is 0.673 bits per heavy atom. The van der Waals surface area contributed by atoms with Crippen LogP contribution >= 0.6 is 15.9 Å². The zero-order chi connectivity index (χ0) is 35.3. The average molecular weight is 765 g/mol. The second-order valence-corrected chi connectivity index (χ2v) is 14.2. The van der Waals surface area contributed by atoms with Gasteiger partial charge in [0.15, 0.2) is 12.6 Å². The molecule has 4 aromatic heterocycles. The minimum atomic E-state index is -4.26. The third-order valence-corrected chi connectivity index (χ3v) is 11.4. The van der Waals surface area contributed by atoms with Crippen molar-refractivity contribution in [2.45, 2.75) is 9.79 Å². The standard InChI is InChI=1S/C17H10FN3O3S.C16H10BrFN2O3S/c18-15-6-2-1-5-14(15)16-8-12(11-22)17(9-19)21(16)25(23,24)13-4-3-7-20-10-13;17-16-11(10-21)8-15(13-5-1-2-6-14(13)18)20(16)24(22,23)12-4-3-7-19-9-12/h1-8,10-11H;1-10H. The van der Waals surface area contributed by atoms with E-state index in [0.717, 1.165) is 16.2 Å². The van der Waals surface area contributed by atoms with E-state index >= 15 is 0 Å². The molecule has 0 saturated carbocycles. The van der Waals surface area contributed by atoms with Crippen LogP contribution in [0, 0.1) is 23.0 Å². The average Bonchev–Trinajstić information content (AvgIpc) is 3.67. The normalized spacial score (nSPS) is 11.2. The lowest BCUT2D eigenvalue weighted by atomic mass is 10.1. The Morgan fingerprint density at radius 3 is 1.55 bits per heavy atom. The van der Waals surface area contributed by atoms with Gasteiger partial charge >= 0.3 is 0 Å². The molecule has 0 bridgehead atoms. The number of carbonyl (C=O) groups excluding carboxylic acids is 2. The first-order valence-electron chi connectivity index (χ1n) is 13.8. The largest absolute Gasteiger partial charge is 0.298 e. The first kappa shape index (κ1) is 34.7. The van der Waals surface area contributed by atoms with Crippen LogP contribution in [0.3, 0.4) is 0 Å². The van der Waals surface area contributed by atoms with E-state index in [2.05, 4.69) is 25.9 Å². The molecule has 6 aromatic rings. The monoisotopic (exact) mass is 763 g/mol. The highest BCUT2D eigenvalue weighted by Crippen LogP contribution is 2.34. The van der Waals surface area contributed by atoms with E-state index in [0.29, 0.717) is 16.5 Å². The molecule has 0 spiro atoms. The SMILES string of the molecule is N#Cc1c(C=O)cc(-c2ccccc2F)n1S(=O)(=O)c1cccnc1.O=Cc1cc(-c2ccccc2F)n(S(=O)(=O)c2cccnc2)c1Br. The zero-order valence-electron chi connectivity index (χ0n) is 24.7. The fourth-order valence-corrected chi connectivity index (χ4v) is 8.49. The van der Waals surface area contributed by atoms with Crippen LogP contribution < -0.4 is 0 Å². The Hall–Kier alpha value is -5.63. The maximum atomic E-state index is 14.2. The van der Waals surface area contributed by atoms with E-state index in [9.17, 15) is 40.5 Å². The van der Waals surface area contributed by atoms with Crippen LogP contribution in [-0.2, 0) is 20.0 Å². The van der Waals surface area contributed by atoms with Crippen molar-refractivity contribution in [1.29, 1.82) is 5.26 Å². The third-order valence-electron chi connectivity index (χ3n) is 6.92. The summed E-state index contributed by atoms with van der Waals surface area (Å²) in [5.41, 5.74) is -0.476. The molecule has 0 saturated heterocycles. The summed E-state index contributed by atoms with van der Waals surface area (Å²) >= 11 is 3.13. The molecule has 0 aliphatic rings. The molecule has 11 nitrogen and oxygen atoms in total. The van der Waals surface area contributed by atoms with Gasteiger partial charge in [-0.1, -0.05) is 24.3 Å². The molecule has 0 aliphatic carbocycles. The van der Waals surface area contributed by atoms with Gasteiger partial charge in [-0.3, -0.25) is 19.6 Å². The molecule has 0 unspecified atom stereocenters. The quantitative estimate of drug-likeness (QED) is 0.167. The van der Waals surface area contributed by atoms with Crippen LogP contribution in [0.25, 0.3) is 22.5 Å². The third kappa shape index (κ3) is 6.59. The lowest BCUT2D eigenvalue weighted by Gasteiger charge is -2.12. The van der Waals surface area contributed by atoms with Crippen molar-refractivity contribution in [3.05, 3.63) is 143 Å². The van der Waals surface area contributed by atoms with Crippen molar-refractivity contribution in [3.63, 3.8) is 0 Å². The van der Waals surface area contributed by atoms with Crippen molar-refractivity contribution >= 4 is 48.5 Å². The summed E-state index contributed by atoms with van der Waals surface area (Å²) in [7, 11) is -8.33. The second kappa shape index (κ2) is 14.2. The predicted molar refractivity (Wildman–Crippen MR) is 176 cm³/mol. The van der Waals surface area contributed by atoms with Crippen LogP contribution in [0.4, 0.5) is 8.78 Å². The summed E-state index contributed by atoms with van der Waals surface area (Å²) in [6.45, 7) is 0. The van der Waals surface area contributed by atoms with Crippen molar-refractivity contribution in [2.75, 3.05) is 0 Å². The van der Waals surface area contributed by atoms with Crippen molar-refractivity contribution in [2.24, 2.45) is 0 Å². The Morgan fingerprint density at radius 2 is 1.12 bits per heavy atom. The van der Waals surface area contributed by atoms with Crippen LogP contribution in [0.15, 0.2) is 124 Å². The summed E-state index contributed by atoms with van der Waals surface area (Å²) in [4.78, 5) is 29.8. The fraction of sp³-hybridized carbons (Fsp3) is 0. The Labute approximate surface area is 287 Å². The molecule has 0 N–H and O–H groups in total. The Kier molecular flexibility index (Phi) is 10.1. The fourth-order valence-electron chi connectivity index (χ4n) is 4.69. The van der Waals surface area contributed by atoms with E-state index in [1.54, 1.807) is 12.1 Å². The van der Waals surface area contributed by atoms with E-state index < -0.39 is 37.4 Å². The number of pyridine rings is 2. The summed E-state index contributed by atoms with van der Waals surface area (Å²) in [6.07, 6.45) is 6.00. The molecule has 4 heterocycles. The van der Waals surface area contributed by atoms with Gasteiger partial charge in [-0.15, -0.1) is 0 Å². The highest BCUT2D eigenvalue weighted by molar-refractivity contribution is 9.10. The van der Waals surface area contributed by atoms with Crippen LogP contribution in [0.2, 0.25) is 0 Å². The minimum Gasteiger partial charge on any atom is -0.298 e. The van der Waals surface area contributed by atoms with Gasteiger partial charge in [0, 0.05) is 41.5 Å². The number of halogens is 3. The molecule has 49 heavy (non-hydrogen) atoms. The lowest BCUT2D eigenvalue weighted by molar-refractivity contribution is 0.111. The van der Waals surface area contributed by atoms with Crippen molar-refractivity contribution in [3.8, 4) is 28.6 Å². The number of benzene rings is 2. The molecule has 6 rings (SSSR count). The number of hydrogen-bond donors (Lipinski definition) is 0. The van der Waals surface area contributed by atoms with Gasteiger partial charge in [0.1, 0.15) is 37.8 Å². The lowest BCUT2D eigenvalue weighted by Crippen LogP contribution is -2.16. The Bertz CT molecular complexity index is 2460. The van der Waals surface area contributed by atoms with Crippen LogP contribution in [0.5, 0.6) is 0 Å². The van der Waals surface area contributed by atoms with E-state index in [-0.39, 0.29) is 48.0 Å². The number of nitriles is 1. The van der Waals surface area contributed by atoms with Crippen LogP contribution in [-0.4, -0.2) is 47.3 Å². The zero-order valence-corrected chi connectivity index (χ0v) is 27.9. The summed E-state index contributed by atoms with van der Waals surface area (Å²) in [5, 5.41) is 9.37. The van der Waals surface area contributed by atoms with E-state index in [1.165, 1.54) is 91.4 Å². The van der Waals surface area contributed by atoms with E-state index in [1.807, 2.05) is 0 Å². The first-order chi connectivity index (χ1) is 23.5. The number of aldehydes is 2. The van der Waals surface area contributed by atoms with Crippen molar-refractivity contribution < 1.29 is 35.2 Å². The summed E-state index contributed by atoms with van der Waals surface area (Å²) in [6, 6.07) is 21.0. The first-order valence-corrected chi connectivity index (χ1v) is 17.4. The van der Waals surface area contributed by atoms with Gasteiger partial charge in [0.05, 0.1) is 17.0 Å². The number of aromatic nitrogens is 4. The molecule has 0 aliphatic heterocycles. The molecule has 0 fully saturated rings. The van der Waals surface area contributed by atoms with Gasteiger partial charge in [-0.05, 0) is 76.6 Å². The van der Waals surface area contributed by atoms with Gasteiger partial charge < -0.3 is 0 Å².